The van der Waals surface area contributed by atoms with Crippen molar-refractivity contribution in [1.29, 1.82) is 0 Å². The molecule has 4 heteroatoms. The van der Waals surface area contributed by atoms with Crippen LogP contribution in [0.5, 0.6) is 0 Å². The molecule has 0 atom stereocenters. The molecule has 2 fully saturated rings. The van der Waals surface area contributed by atoms with E-state index in [4.69, 9.17) is 5.73 Å². The standard InChI is InChI=1S/C14H19N3O/c1-16-6-7-17(14(18)9-16)11-4-5-13(15)12(8-11)10-2-3-10/h4-5,8,10H,2-3,6-7,9,15H2,1H3. The minimum Gasteiger partial charge on any atom is -0.398 e. The largest absolute Gasteiger partial charge is 0.398 e. The van der Waals surface area contributed by atoms with Crippen LogP contribution >= 0.6 is 0 Å². The predicted molar refractivity (Wildman–Crippen MR) is 72.7 cm³/mol. The first-order valence-electron chi connectivity index (χ1n) is 6.53. The van der Waals surface area contributed by atoms with Gasteiger partial charge in [-0.15, -0.1) is 0 Å². The zero-order valence-corrected chi connectivity index (χ0v) is 10.7. The molecule has 1 aliphatic carbocycles. The topological polar surface area (TPSA) is 49.6 Å². The van der Waals surface area contributed by atoms with E-state index in [-0.39, 0.29) is 5.91 Å². The van der Waals surface area contributed by atoms with Gasteiger partial charge in [0.1, 0.15) is 0 Å². The number of rotatable bonds is 2. The van der Waals surface area contributed by atoms with Crippen LogP contribution in [-0.4, -0.2) is 37.5 Å². The summed E-state index contributed by atoms with van der Waals surface area (Å²) in [5.41, 5.74) is 9.09. The predicted octanol–water partition coefficient (Wildman–Crippen LogP) is 1.42. The molecular formula is C14H19N3O. The Morgan fingerprint density at radius 1 is 1.28 bits per heavy atom. The Hall–Kier alpha value is -1.55. The van der Waals surface area contributed by atoms with Crippen molar-refractivity contribution in [3.8, 4) is 0 Å². The van der Waals surface area contributed by atoms with Crippen LogP contribution in [0.25, 0.3) is 0 Å². The van der Waals surface area contributed by atoms with Gasteiger partial charge in [-0.1, -0.05) is 0 Å². The third kappa shape index (κ3) is 2.08. The van der Waals surface area contributed by atoms with Gasteiger partial charge in [0.25, 0.3) is 0 Å². The maximum atomic E-state index is 12.0. The molecule has 0 aromatic heterocycles. The molecule has 4 nitrogen and oxygen atoms in total. The van der Waals surface area contributed by atoms with Gasteiger partial charge in [0.2, 0.25) is 5.91 Å². The summed E-state index contributed by atoms with van der Waals surface area (Å²) in [6, 6.07) is 6.01. The average molecular weight is 245 g/mol. The summed E-state index contributed by atoms with van der Waals surface area (Å²) in [4.78, 5) is 16.0. The number of piperazine rings is 1. The van der Waals surface area contributed by atoms with Crippen molar-refractivity contribution in [2.45, 2.75) is 18.8 Å². The highest BCUT2D eigenvalue weighted by molar-refractivity contribution is 5.95. The number of nitrogens with two attached hydrogens (primary N) is 1. The fraction of sp³-hybridized carbons (Fsp3) is 0.500. The molecule has 3 rings (SSSR count). The van der Waals surface area contributed by atoms with Crippen molar-refractivity contribution in [1.82, 2.24) is 4.90 Å². The van der Waals surface area contributed by atoms with E-state index in [0.717, 1.165) is 24.5 Å². The lowest BCUT2D eigenvalue weighted by atomic mass is 10.1. The van der Waals surface area contributed by atoms with Crippen molar-refractivity contribution in [3.05, 3.63) is 23.8 Å². The zero-order chi connectivity index (χ0) is 12.7. The second-order valence-corrected chi connectivity index (χ2v) is 5.37. The van der Waals surface area contributed by atoms with E-state index >= 15 is 0 Å². The van der Waals surface area contributed by atoms with Gasteiger partial charge in [-0.3, -0.25) is 9.69 Å². The van der Waals surface area contributed by atoms with Crippen molar-refractivity contribution < 1.29 is 4.79 Å². The first kappa shape index (κ1) is 11.5. The molecule has 1 heterocycles. The highest BCUT2D eigenvalue weighted by Gasteiger charge is 2.28. The maximum absolute atomic E-state index is 12.0. The molecule has 1 aromatic rings. The number of likely N-dealkylation sites (N-methyl/N-ethyl adjacent to an activating group) is 1. The van der Waals surface area contributed by atoms with Crippen molar-refractivity contribution in [3.63, 3.8) is 0 Å². The molecule has 0 spiro atoms. The Labute approximate surface area is 107 Å². The van der Waals surface area contributed by atoms with Crippen LogP contribution in [0.15, 0.2) is 18.2 Å². The van der Waals surface area contributed by atoms with Crippen molar-refractivity contribution >= 4 is 17.3 Å². The van der Waals surface area contributed by atoms with Gasteiger partial charge in [-0.2, -0.15) is 0 Å². The monoisotopic (exact) mass is 245 g/mol. The van der Waals surface area contributed by atoms with Crippen LogP contribution in [0, 0.1) is 0 Å². The summed E-state index contributed by atoms with van der Waals surface area (Å²) in [5, 5.41) is 0. The Morgan fingerprint density at radius 3 is 2.72 bits per heavy atom. The fourth-order valence-corrected chi connectivity index (χ4v) is 2.54. The smallest absolute Gasteiger partial charge is 0.241 e. The zero-order valence-electron chi connectivity index (χ0n) is 10.7. The van der Waals surface area contributed by atoms with E-state index in [2.05, 4.69) is 11.0 Å². The number of nitrogen functional groups attached to an aromatic ring is 1. The van der Waals surface area contributed by atoms with Crippen LogP contribution in [-0.2, 0) is 4.79 Å². The summed E-state index contributed by atoms with van der Waals surface area (Å²) in [6.45, 7) is 2.20. The van der Waals surface area contributed by atoms with Crippen LogP contribution in [0.4, 0.5) is 11.4 Å². The van der Waals surface area contributed by atoms with E-state index in [9.17, 15) is 4.79 Å². The highest BCUT2D eigenvalue weighted by Crippen LogP contribution is 2.43. The van der Waals surface area contributed by atoms with Crippen LogP contribution < -0.4 is 10.6 Å². The molecule has 0 bridgehead atoms. The van der Waals surface area contributed by atoms with E-state index in [1.165, 1.54) is 18.4 Å². The Bertz CT molecular complexity index is 482. The number of anilines is 2. The van der Waals surface area contributed by atoms with Crippen LogP contribution in [0.3, 0.4) is 0 Å². The molecule has 1 saturated carbocycles. The molecule has 0 radical (unpaired) electrons. The molecule has 1 amide bonds. The number of benzene rings is 1. The van der Waals surface area contributed by atoms with E-state index in [0.29, 0.717) is 12.5 Å². The summed E-state index contributed by atoms with van der Waals surface area (Å²) in [7, 11) is 1.98. The van der Waals surface area contributed by atoms with Crippen LogP contribution in [0.2, 0.25) is 0 Å². The van der Waals surface area contributed by atoms with Gasteiger partial charge in [0, 0.05) is 24.5 Å². The molecule has 96 valence electrons. The number of carbonyl (C=O) groups excluding carboxylic acids is 1. The molecule has 1 aromatic carbocycles. The van der Waals surface area contributed by atoms with Crippen molar-refractivity contribution in [2.24, 2.45) is 0 Å². The average Bonchev–Trinajstić information content (AvgIpc) is 3.14. The quantitative estimate of drug-likeness (QED) is 0.802. The second kappa shape index (κ2) is 4.28. The lowest BCUT2D eigenvalue weighted by Gasteiger charge is -2.32. The number of hydrogen-bond acceptors (Lipinski definition) is 3. The SMILES string of the molecule is CN1CCN(c2ccc(N)c(C3CC3)c2)C(=O)C1. The molecule has 1 saturated heterocycles. The van der Waals surface area contributed by atoms with E-state index < -0.39 is 0 Å². The van der Waals surface area contributed by atoms with Gasteiger partial charge in [-0.25, -0.2) is 0 Å². The minimum atomic E-state index is 0.176. The van der Waals surface area contributed by atoms with E-state index in [1.54, 1.807) is 0 Å². The second-order valence-electron chi connectivity index (χ2n) is 5.37. The molecular weight excluding hydrogens is 226 g/mol. The lowest BCUT2D eigenvalue weighted by Crippen LogP contribution is -2.48. The minimum absolute atomic E-state index is 0.176. The molecule has 18 heavy (non-hydrogen) atoms. The lowest BCUT2D eigenvalue weighted by molar-refractivity contribution is -0.120. The molecule has 1 aliphatic heterocycles. The summed E-state index contributed by atoms with van der Waals surface area (Å²) in [5.74, 6) is 0.794. The van der Waals surface area contributed by atoms with Gasteiger partial charge < -0.3 is 10.6 Å². The van der Waals surface area contributed by atoms with Crippen LogP contribution in [0.1, 0.15) is 24.3 Å². The third-order valence-corrected chi connectivity index (χ3v) is 3.81. The van der Waals surface area contributed by atoms with Gasteiger partial charge >= 0.3 is 0 Å². The summed E-state index contributed by atoms with van der Waals surface area (Å²) >= 11 is 0. The molecule has 0 unspecified atom stereocenters. The molecule has 2 aliphatic rings. The summed E-state index contributed by atoms with van der Waals surface area (Å²) in [6.07, 6.45) is 2.45. The maximum Gasteiger partial charge on any atom is 0.241 e. The van der Waals surface area contributed by atoms with Gasteiger partial charge in [-0.05, 0) is 49.6 Å². The van der Waals surface area contributed by atoms with Gasteiger partial charge in [0.05, 0.1) is 6.54 Å². The van der Waals surface area contributed by atoms with Crippen molar-refractivity contribution in [2.75, 3.05) is 37.3 Å². The number of amides is 1. The Morgan fingerprint density at radius 2 is 2.06 bits per heavy atom. The van der Waals surface area contributed by atoms with Gasteiger partial charge in [0.15, 0.2) is 0 Å². The first-order chi connectivity index (χ1) is 8.65. The Kier molecular flexibility index (Phi) is 2.74. The first-order valence-corrected chi connectivity index (χ1v) is 6.53. The van der Waals surface area contributed by atoms with E-state index in [1.807, 2.05) is 24.1 Å². The third-order valence-electron chi connectivity index (χ3n) is 3.81. The number of nitrogens with zero attached hydrogens (tertiary/aromatic N) is 2. The summed E-state index contributed by atoms with van der Waals surface area (Å²) < 4.78 is 0. The Balaban J connectivity index is 1.87. The highest BCUT2D eigenvalue weighted by atomic mass is 16.2. The normalized spacial score (nSPS) is 21.4. The number of hydrogen-bond donors (Lipinski definition) is 1. The molecule has 2 N–H and O–H groups in total. The fourth-order valence-electron chi connectivity index (χ4n) is 2.54. The number of carbonyl (C=O) groups is 1.